The average Bonchev–Trinajstić information content (AvgIpc) is 2.53. The zero-order valence-electron chi connectivity index (χ0n) is 15.1. The molecule has 1 aliphatic rings. The van der Waals surface area contributed by atoms with Gasteiger partial charge in [0.05, 0.1) is 17.3 Å². The van der Waals surface area contributed by atoms with Crippen molar-refractivity contribution in [1.82, 2.24) is 15.3 Å². The molecule has 1 fully saturated rings. The largest absolute Gasteiger partial charge is 0.479 e. The van der Waals surface area contributed by atoms with Gasteiger partial charge in [-0.3, -0.25) is 4.79 Å². The minimum atomic E-state index is -1.43. The number of aromatic nitrogens is 2. The van der Waals surface area contributed by atoms with Gasteiger partial charge in [0.25, 0.3) is 5.91 Å². The standard InChI is InChI=1S/C17H24ClN3O4/c1-6-25-11-7-17(15(23)24,16(11,4)5)21-14(22)12-10(18)8-19-13(20-12)9(2)3/h8-9,11H,6-7H2,1-5H3,(H,21,22)(H,23,24). The molecule has 0 bridgehead atoms. The van der Waals surface area contributed by atoms with E-state index in [-0.39, 0.29) is 29.2 Å². The molecule has 7 nitrogen and oxygen atoms in total. The van der Waals surface area contributed by atoms with Crippen LogP contribution < -0.4 is 5.32 Å². The summed E-state index contributed by atoms with van der Waals surface area (Å²) < 4.78 is 5.59. The van der Waals surface area contributed by atoms with Gasteiger partial charge in [0.1, 0.15) is 17.1 Å². The highest BCUT2D eigenvalue weighted by atomic mass is 35.5. The van der Waals surface area contributed by atoms with Crippen LogP contribution in [0, 0.1) is 5.41 Å². The Kier molecular flexibility index (Phi) is 5.39. The van der Waals surface area contributed by atoms with Gasteiger partial charge in [-0.2, -0.15) is 0 Å². The maximum atomic E-state index is 12.7. The maximum Gasteiger partial charge on any atom is 0.330 e. The summed E-state index contributed by atoms with van der Waals surface area (Å²) in [6.45, 7) is 9.66. The van der Waals surface area contributed by atoms with Gasteiger partial charge in [0.15, 0.2) is 0 Å². The highest BCUT2D eigenvalue weighted by Gasteiger charge is 2.66. The number of rotatable bonds is 6. The Morgan fingerprint density at radius 3 is 2.60 bits per heavy atom. The third kappa shape index (κ3) is 3.22. The van der Waals surface area contributed by atoms with Crippen LogP contribution in [0.4, 0.5) is 0 Å². The molecule has 0 spiro atoms. The molecule has 1 heterocycles. The van der Waals surface area contributed by atoms with Crippen LogP contribution in [0.2, 0.25) is 5.02 Å². The van der Waals surface area contributed by atoms with Crippen LogP contribution in [0.3, 0.4) is 0 Å². The fourth-order valence-electron chi connectivity index (χ4n) is 3.11. The number of hydrogen-bond donors (Lipinski definition) is 2. The van der Waals surface area contributed by atoms with E-state index in [1.165, 1.54) is 6.20 Å². The molecule has 25 heavy (non-hydrogen) atoms. The van der Waals surface area contributed by atoms with E-state index in [0.29, 0.717) is 12.4 Å². The number of ether oxygens (including phenoxy) is 1. The molecule has 0 aliphatic heterocycles. The van der Waals surface area contributed by atoms with Crippen LogP contribution in [0.1, 0.15) is 63.3 Å². The van der Waals surface area contributed by atoms with Crippen molar-refractivity contribution < 1.29 is 19.4 Å². The molecule has 8 heteroatoms. The molecule has 1 saturated carbocycles. The topological polar surface area (TPSA) is 101 Å². The van der Waals surface area contributed by atoms with Crippen LogP contribution in [0.25, 0.3) is 0 Å². The van der Waals surface area contributed by atoms with Crippen LogP contribution >= 0.6 is 11.6 Å². The maximum absolute atomic E-state index is 12.7. The van der Waals surface area contributed by atoms with E-state index in [0.717, 1.165) is 0 Å². The van der Waals surface area contributed by atoms with Crippen LogP contribution in [-0.2, 0) is 9.53 Å². The Bertz CT molecular complexity index is 692. The molecule has 1 aliphatic carbocycles. The van der Waals surface area contributed by atoms with Crippen molar-refractivity contribution in [2.75, 3.05) is 6.61 Å². The molecule has 2 atom stereocenters. The van der Waals surface area contributed by atoms with E-state index in [2.05, 4.69) is 15.3 Å². The minimum absolute atomic E-state index is 0.0136. The van der Waals surface area contributed by atoms with E-state index < -0.39 is 22.8 Å². The van der Waals surface area contributed by atoms with Crippen LogP contribution in [0.5, 0.6) is 0 Å². The first-order valence-electron chi connectivity index (χ1n) is 8.26. The molecule has 2 rings (SSSR count). The summed E-state index contributed by atoms with van der Waals surface area (Å²) in [4.78, 5) is 33.0. The number of halogens is 1. The van der Waals surface area contributed by atoms with Crippen molar-refractivity contribution in [2.45, 2.75) is 58.6 Å². The number of carbonyl (C=O) groups is 2. The lowest BCUT2D eigenvalue weighted by Crippen LogP contribution is -2.76. The smallest absolute Gasteiger partial charge is 0.330 e. The molecule has 1 aromatic rings. The summed E-state index contributed by atoms with van der Waals surface area (Å²) in [5.74, 6) is -1.24. The lowest BCUT2D eigenvalue weighted by atomic mass is 9.54. The molecular formula is C17H24ClN3O4. The zero-order chi connectivity index (χ0) is 19.0. The first-order chi connectivity index (χ1) is 11.6. The van der Waals surface area contributed by atoms with Gasteiger partial charge in [-0.1, -0.05) is 39.3 Å². The van der Waals surface area contributed by atoms with Gasteiger partial charge in [-0.25, -0.2) is 14.8 Å². The number of nitrogens with zero attached hydrogens (tertiary/aromatic N) is 2. The Balaban J connectivity index is 2.32. The summed E-state index contributed by atoms with van der Waals surface area (Å²) in [5.41, 5.74) is -2.22. The van der Waals surface area contributed by atoms with Gasteiger partial charge in [-0.05, 0) is 6.92 Å². The van der Waals surface area contributed by atoms with E-state index in [9.17, 15) is 14.7 Å². The Morgan fingerprint density at radius 1 is 1.48 bits per heavy atom. The summed E-state index contributed by atoms with van der Waals surface area (Å²) in [5, 5.41) is 12.5. The highest BCUT2D eigenvalue weighted by Crippen LogP contribution is 2.51. The van der Waals surface area contributed by atoms with E-state index in [4.69, 9.17) is 16.3 Å². The molecule has 2 N–H and O–H groups in total. The monoisotopic (exact) mass is 369 g/mol. The van der Waals surface area contributed by atoms with E-state index in [1.54, 1.807) is 13.8 Å². The summed E-state index contributed by atoms with van der Waals surface area (Å²) in [6.07, 6.45) is 1.30. The first-order valence-corrected chi connectivity index (χ1v) is 8.64. The van der Waals surface area contributed by atoms with E-state index in [1.807, 2.05) is 20.8 Å². The number of carboxylic acids is 1. The Labute approximate surface area is 152 Å². The fourth-order valence-corrected chi connectivity index (χ4v) is 3.29. The van der Waals surface area contributed by atoms with Gasteiger partial charge in [0, 0.05) is 24.4 Å². The van der Waals surface area contributed by atoms with Gasteiger partial charge in [-0.15, -0.1) is 0 Å². The summed E-state index contributed by atoms with van der Waals surface area (Å²) >= 11 is 6.06. The number of carbonyl (C=O) groups excluding carboxylic acids is 1. The lowest BCUT2D eigenvalue weighted by Gasteiger charge is -2.58. The Morgan fingerprint density at radius 2 is 2.12 bits per heavy atom. The van der Waals surface area contributed by atoms with E-state index >= 15 is 0 Å². The third-order valence-electron chi connectivity index (χ3n) is 4.95. The van der Waals surface area contributed by atoms with Crippen molar-refractivity contribution in [3.63, 3.8) is 0 Å². The predicted octanol–water partition coefficient (Wildman–Crippen LogP) is 2.64. The molecule has 0 aromatic carbocycles. The van der Waals surface area contributed by atoms with Crippen molar-refractivity contribution >= 4 is 23.5 Å². The van der Waals surface area contributed by atoms with Crippen LogP contribution in [0.15, 0.2) is 6.20 Å². The van der Waals surface area contributed by atoms with Crippen molar-refractivity contribution in [3.8, 4) is 0 Å². The number of amides is 1. The van der Waals surface area contributed by atoms with Crippen molar-refractivity contribution in [1.29, 1.82) is 0 Å². The minimum Gasteiger partial charge on any atom is -0.479 e. The lowest BCUT2D eigenvalue weighted by molar-refractivity contribution is -0.190. The van der Waals surface area contributed by atoms with Gasteiger partial charge in [0.2, 0.25) is 0 Å². The molecule has 1 aromatic heterocycles. The normalized spacial score (nSPS) is 24.7. The molecule has 2 unspecified atom stereocenters. The molecular weight excluding hydrogens is 346 g/mol. The SMILES string of the molecule is CCOC1CC(NC(=O)c2nc(C(C)C)ncc2Cl)(C(=O)O)C1(C)C. The van der Waals surface area contributed by atoms with Gasteiger partial charge >= 0.3 is 5.97 Å². The average molecular weight is 370 g/mol. The number of carboxylic acid groups (broad SMARTS) is 1. The summed E-state index contributed by atoms with van der Waals surface area (Å²) in [6, 6.07) is 0. The third-order valence-corrected chi connectivity index (χ3v) is 5.23. The molecule has 0 saturated heterocycles. The predicted molar refractivity (Wildman–Crippen MR) is 92.8 cm³/mol. The second-order valence-corrected chi connectivity index (χ2v) is 7.52. The van der Waals surface area contributed by atoms with Gasteiger partial charge < -0.3 is 15.2 Å². The fraction of sp³-hybridized carbons (Fsp3) is 0.647. The molecule has 1 amide bonds. The summed E-state index contributed by atoms with van der Waals surface area (Å²) in [7, 11) is 0. The molecule has 138 valence electrons. The number of hydrogen-bond acceptors (Lipinski definition) is 5. The zero-order valence-corrected chi connectivity index (χ0v) is 15.8. The molecule has 0 radical (unpaired) electrons. The Hall–Kier alpha value is -1.73. The number of aliphatic carboxylic acids is 1. The second-order valence-electron chi connectivity index (χ2n) is 7.11. The van der Waals surface area contributed by atoms with Crippen LogP contribution in [-0.4, -0.2) is 45.2 Å². The van der Waals surface area contributed by atoms with Crippen molar-refractivity contribution in [3.05, 3.63) is 22.7 Å². The highest BCUT2D eigenvalue weighted by molar-refractivity contribution is 6.33. The van der Waals surface area contributed by atoms with Crippen molar-refractivity contribution in [2.24, 2.45) is 5.41 Å². The first kappa shape index (κ1) is 19.6. The number of nitrogens with one attached hydrogen (secondary N) is 1. The quantitative estimate of drug-likeness (QED) is 0.799. The second kappa shape index (κ2) is 6.88.